The van der Waals surface area contributed by atoms with Gasteiger partial charge in [0.15, 0.2) is 23.0 Å². The minimum atomic E-state index is 0.494. The fourth-order valence-corrected chi connectivity index (χ4v) is 1.91. The van der Waals surface area contributed by atoms with Gasteiger partial charge >= 0.3 is 0 Å². The number of aromatic nitrogens is 2. The Bertz CT molecular complexity index is 548. The van der Waals surface area contributed by atoms with Crippen LogP contribution in [0.2, 0.25) is 0 Å². The van der Waals surface area contributed by atoms with Gasteiger partial charge in [-0.1, -0.05) is 0 Å². The molecule has 0 unspecified atom stereocenters. The first-order chi connectivity index (χ1) is 9.76. The Balaban J connectivity index is 2.68. The number of ether oxygens (including phenoxy) is 4. The number of pyridine rings is 2. The zero-order valence-electron chi connectivity index (χ0n) is 11.8. The van der Waals surface area contributed by atoms with Gasteiger partial charge < -0.3 is 18.9 Å². The van der Waals surface area contributed by atoms with Crippen molar-refractivity contribution < 1.29 is 18.9 Å². The lowest BCUT2D eigenvalue weighted by molar-refractivity contribution is 0.349. The third-order valence-corrected chi connectivity index (χ3v) is 2.81. The summed E-state index contributed by atoms with van der Waals surface area (Å²) in [7, 11) is 6.24. The highest BCUT2D eigenvalue weighted by molar-refractivity contribution is 5.74. The molecule has 0 saturated heterocycles. The second-order valence-corrected chi connectivity index (χ2v) is 3.79. The van der Waals surface area contributed by atoms with Crippen molar-refractivity contribution in [3.8, 4) is 34.4 Å². The van der Waals surface area contributed by atoms with Gasteiger partial charge in [-0.25, -0.2) is 0 Å². The van der Waals surface area contributed by atoms with Crippen LogP contribution in [0.3, 0.4) is 0 Å². The van der Waals surface area contributed by atoms with Crippen LogP contribution in [0.5, 0.6) is 23.0 Å². The topological polar surface area (TPSA) is 62.7 Å². The molecule has 0 aliphatic rings. The van der Waals surface area contributed by atoms with Crippen LogP contribution in [-0.2, 0) is 0 Å². The third kappa shape index (κ3) is 2.32. The molecule has 0 atom stereocenters. The number of methoxy groups -OCH3 is 4. The van der Waals surface area contributed by atoms with E-state index in [-0.39, 0.29) is 0 Å². The van der Waals surface area contributed by atoms with Crippen LogP contribution in [0.25, 0.3) is 11.4 Å². The van der Waals surface area contributed by atoms with E-state index in [1.807, 2.05) is 0 Å². The van der Waals surface area contributed by atoms with E-state index in [2.05, 4.69) is 9.97 Å². The average molecular weight is 276 g/mol. The molecule has 6 heteroatoms. The van der Waals surface area contributed by atoms with Gasteiger partial charge in [-0.15, -0.1) is 0 Å². The maximum Gasteiger partial charge on any atom is 0.188 e. The summed E-state index contributed by atoms with van der Waals surface area (Å²) in [6.45, 7) is 0. The van der Waals surface area contributed by atoms with Gasteiger partial charge in [0.2, 0.25) is 0 Å². The second kappa shape index (κ2) is 6.10. The van der Waals surface area contributed by atoms with Gasteiger partial charge in [-0.2, -0.15) is 0 Å². The normalized spacial score (nSPS) is 10.0. The molecule has 6 nitrogen and oxygen atoms in total. The molecular weight excluding hydrogens is 260 g/mol. The smallest absolute Gasteiger partial charge is 0.188 e. The van der Waals surface area contributed by atoms with Crippen LogP contribution in [0.15, 0.2) is 24.5 Å². The fourth-order valence-electron chi connectivity index (χ4n) is 1.91. The number of hydrogen-bond acceptors (Lipinski definition) is 6. The molecule has 2 aromatic heterocycles. The first kappa shape index (κ1) is 13.9. The van der Waals surface area contributed by atoms with Crippen molar-refractivity contribution in [3.05, 3.63) is 24.5 Å². The van der Waals surface area contributed by atoms with E-state index in [1.54, 1.807) is 53.0 Å². The third-order valence-electron chi connectivity index (χ3n) is 2.81. The predicted molar refractivity (Wildman–Crippen MR) is 73.7 cm³/mol. The molecule has 0 N–H and O–H groups in total. The van der Waals surface area contributed by atoms with Crippen LogP contribution in [-0.4, -0.2) is 38.4 Å². The van der Waals surface area contributed by atoms with Crippen LogP contribution in [0.4, 0.5) is 0 Å². The molecule has 106 valence electrons. The number of hydrogen-bond donors (Lipinski definition) is 0. The largest absolute Gasteiger partial charge is 0.493 e. The molecule has 2 aromatic rings. The Hall–Kier alpha value is -2.50. The minimum absolute atomic E-state index is 0.494. The summed E-state index contributed by atoms with van der Waals surface area (Å²) < 4.78 is 21.3. The zero-order chi connectivity index (χ0) is 14.5. The van der Waals surface area contributed by atoms with Crippen molar-refractivity contribution in [2.24, 2.45) is 0 Å². The molecule has 20 heavy (non-hydrogen) atoms. The van der Waals surface area contributed by atoms with E-state index in [9.17, 15) is 0 Å². The van der Waals surface area contributed by atoms with Crippen molar-refractivity contribution in [1.29, 1.82) is 0 Å². The van der Waals surface area contributed by atoms with Gasteiger partial charge in [0, 0.05) is 24.5 Å². The van der Waals surface area contributed by atoms with E-state index >= 15 is 0 Å². The van der Waals surface area contributed by atoms with E-state index in [0.717, 1.165) is 0 Å². The number of rotatable bonds is 5. The highest BCUT2D eigenvalue weighted by Crippen LogP contribution is 2.41. The van der Waals surface area contributed by atoms with Crippen LogP contribution in [0.1, 0.15) is 0 Å². The molecule has 0 aromatic carbocycles. The Morgan fingerprint density at radius 3 is 1.35 bits per heavy atom. The van der Waals surface area contributed by atoms with E-state index in [0.29, 0.717) is 34.4 Å². The Kier molecular flexibility index (Phi) is 4.24. The average Bonchev–Trinajstić information content (AvgIpc) is 2.52. The maximum atomic E-state index is 5.37. The summed E-state index contributed by atoms with van der Waals surface area (Å²) in [5.74, 6) is 2.14. The van der Waals surface area contributed by atoms with Gasteiger partial charge in [-0.3, -0.25) is 9.97 Å². The molecule has 0 aliphatic heterocycles. The molecule has 0 saturated carbocycles. The highest BCUT2D eigenvalue weighted by atomic mass is 16.5. The summed E-state index contributed by atoms with van der Waals surface area (Å²) >= 11 is 0. The predicted octanol–water partition coefficient (Wildman–Crippen LogP) is 2.18. The van der Waals surface area contributed by atoms with Gasteiger partial charge in [0.1, 0.15) is 11.4 Å². The summed E-state index contributed by atoms with van der Waals surface area (Å²) in [5.41, 5.74) is 1.06. The van der Waals surface area contributed by atoms with Crippen molar-refractivity contribution in [3.63, 3.8) is 0 Å². The molecule has 0 amide bonds. The summed E-state index contributed by atoms with van der Waals surface area (Å²) in [6.07, 6.45) is 3.24. The molecule has 0 fully saturated rings. The zero-order valence-corrected chi connectivity index (χ0v) is 11.8. The van der Waals surface area contributed by atoms with E-state index in [1.165, 1.54) is 0 Å². The molecule has 0 bridgehead atoms. The van der Waals surface area contributed by atoms with Gasteiger partial charge in [0.05, 0.1) is 28.4 Å². The van der Waals surface area contributed by atoms with Gasteiger partial charge in [-0.05, 0) is 0 Å². The Labute approximate surface area is 117 Å². The van der Waals surface area contributed by atoms with Crippen LogP contribution >= 0.6 is 0 Å². The second-order valence-electron chi connectivity index (χ2n) is 3.79. The summed E-state index contributed by atoms with van der Waals surface area (Å²) in [5, 5.41) is 0. The van der Waals surface area contributed by atoms with Crippen molar-refractivity contribution in [1.82, 2.24) is 9.97 Å². The minimum Gasteiger partial charge on any atom is -0.493 e. The van der Waals surface area contributed by atoms with Crippen molar-refractivity contribution >= 4 is 0 Å². The monoisotopic (exact) mass is 276 g/mol. The molecule has 2 heterocycles. The highest BCUT2D eigenvalue weighted by Gasteiger charge is 2.20. The maximum absolute atomic E-state index is 5.37. The quantitative estimate of drug-likeness (QED) is 0.834. The molecule has 0 aliphatic carbocycles. The lowest BCUT2D eigenvalue weighted by Gasteiger charge is -2.14. The van der Waals surface area contributed by atoms with Crippen molar-refractivity contribution in [2.75, 3.05) is 28.4 Å². The first-order valence-corrected chi connectivity index (χ1v) is 5.91. The summed E-state index contributed by atoms with van der Waals surface area (Å²) in [6, 6.07) is 3.43. The van der Waals surface area contributed by atoms with E-state index < -0.39 is 0 Å². The van der Waals surface area contributed by atoms with Crippen LogP contribution in [0, 0.1) is 0 Å². The molecule has 0 radical (unpaired) electrons. The first-order valence-electron chi connectivity index (χ1n) is 5.91. The molecule has 2 rings (SSSR count). The van der Waals surface area contributed by atoms with Gasteiger partial charge in [0.25, 0.3) is 0 Å². The standard InChI is InChI=1S/C14H16N2O4/c1-17-9-5-7-15-11(13(9)19-3)12-14(20-4)10(18-2)6-8-16-12/h5-8H,1-4H3. The molecule has 0 spiro atoms. The number of nitrogens with zero attached hydrogens (tertiary/aromatic N) is 2. The Morgan fingerprint density at radius 1 is 0.650 bits per heavy atom. The Morgan fingerprint density at radius 2 is 1.05 bits per heavy atom. The SMILES string of the molecule is COc1ccnc(-c2nccc(OC)c2OC)c1OC. The molecular formula is C14H16N2O4. The van der Waals surface area contributed by atoms with E-state index in [4.69, 9.17) is 18.9 Å². The lowest BCUT2D eigenvalue weighted by atomic mass is 10.2. The fraction of sp³-hybridized carbons (Fsp3) is 0.286. The lowest BCUT2D eigenvalue weighted by Crippen LogP contribution is -2.00. The van der Waals surface area contributed by atoms with Crippen molar-refractivity contribution in [2.45, 2.75) is 0 Å². The summed E-state index contributed by atoms with van der Waals surface area (Å²) in [4.78, 5) is 8.62. The van der Waals surface area contributed by atoms with Crippen LogP contribution < -0.4 is 18.9 Å².